The maximum Gasteiger partial charge on any atom is 0.336 e. The third-order valence-electron chi connectivity index (χ3n) is 2.01. The van der Waals surface area contributed by atoms with Crippen LogP contribution in [0, 0.1) is 0 Å². The molecular weight excluding hydrogens is 293 g/mol. The first-order valence-corrected chi connectivity index (χ1v) is 6.50. The highest BCUT2D eigenvalue weighted by atomic mass is 35.5. The molecule has 18 heavy (non-hydrogen) atoms. The molecule has 0 radical (unpaired) electrons. The Balaban J connectivity index is 0.000000149. The topological polar surface area (TPSA) is 43.1 Å². The largest absolute Gasteiger partial charge is 0.423 e. The molecule has 0 atom stereocenters. The summed E-state index contributed by atoms with van der Waals surface area (Å²) in [7, 11) is 0. The number of nitrogens with zero attached hydrogens (tertiary/aromatic N) is 1. The molecule has 6 heteroatoms. The number of fused-ring (bicyclic) bond motifs is 1. The van der Waals surface area contributed by atoms with Gasteiger partial charge in [-0.05, 0) is 23.7 Å². The highest BCUT2D eigenvalue weighted by Crippen LogP contribution is 2.20. The van der Waals surface area contributed by atoms with E-state index in [1.807, 2.05) is 18.2 Å². The normalized spacial score (nSPS) is 9.89. The van der Waals surface area contributed by atoms with Gasteiger partial charge in [0.25, 0.3) is 0 Å². The van der Waals surface area contributed by atoms with Crippen LogP contribution in [-0.4, -0.2) is 4.37 Å². The molecule has 0 fully saturated rings. The molecule has 3 rings (SSSR count). The number of hydrogen-bond acceptors (Lipinski definition) is 4. The van der Waals surface area contributed by atoms with Crippen LogP contribution in [0.2, 0.25) is 10.2 Å². The predicted molar refractivity (Wildman–Crippen MR) is 74.6 cm³/mol. The number of para-hydroxylation sites is 1. The smallest absolute Gasteiger partial charge is 0.336 e. The molecular formula is C12H7Cl2NO2S. The number of rotatable bonds is 0. The molecule has 0 amide bonds. The Kier molecular flexibility index (Phi) is 4.36. The van der Waals surface area contributed by atoms with Gasteiger partial charge in [0.1, 0.15) is 5.58 Å². The standard InChI is InChI=1S/C9H6O2.C3HCl2NS/c10-9-6-5-7-3-1-2-4-8(7)11-9;4-2-1-7-6-3(2)5/h1-6H;1H. The van der Waals surface area contributed by atoms with E-state index in [9.17, 15) is 4.79 Å². The molecule has 0 aliphatic carbocycles. The van der Waals surface area contributed by atoms with Gasteiger partial charge in [0.15, 0.2) is 5.15 Å². The third kappa shape index (κ3) is 3.32. The van der Waals surface area contributed by atoms with Crippen LogP contribution in [0.1, 0.15) is 0 Å². The summed E-state index contributed by atoms with van der Waals surface area (Å²) in [6.07, 6.45) is 0. The minimum atomic E-state index is -0.302. The van der Waals surface area contributed by atoms with Gasteiger partial charge in [0.2, 0.25) is 0 Å². The zero-order valence-corrected chi connectivity index (χ0v) is 11.3. The lowest BCUT2D eigenvalue weighted by Crippen LogP contribution is -1.93. The van der Waals surface area contributed by atoms with Crippen molar-refractivity contribution in [3.8, 4) is 0 Å². The molecule has 0 spiro atoms. The first-order chi connectivity index (χ1) is 8.66. The molecule has 0 aliphatic rings. The second-order valence-electron chi connectivity index (χ2n) is 3.25. The minimum Gasteiger partial charge on any atom is -0.423 e. The Morgan fingerprint density at radius 1 is 1.11 bits per heavy atom. The fourth-order valence-electron chi connectivity index (χ4n) is 1.22. The lowest BCUT2D eigenvalue weighted by atomic mass is 10.2. The van der Waals surface area contributed by atoms with E-state index in [0.717, 1.165) is 5.39 Å². The van der Waals surface area contributed by atoms with E-state index in [-0.39, 0.29) is 5.63 Å². The number of hydrogen-bond donors (Lipinski definition) is 0. The van der Waals surface area contributed by atoms with E-state index in [1.165, 1.54) is 17.6 Å². The van der Waals surface area contributed by atoms with Crippen LogP contribution in [-0.2, 0) is 0 Å². The van der Waals surface area contributed by atoms with Crippen molar-refractivity contribution in [2.75, 3.05) is 0 Å². The highest BCUT2D eigenvalue weighted by Gasteiger charge is 1.94. The predicted octanol–water partition coefficient (Wildman–Crippen LogP) is 4.24. The summed E-state index contributed by atoms with van der Waals surface area (Å²) in [4.78, 5) is 10.7. The molecule has 3 aromatic rings. The van der Waals surface area contributed by atoms with Gasteiger partial charge in [-0.15, -0.1) is 0 Å². The minimum absolute atomic E-state index is 0.302. The van der Waals surface area contributed by atoms with Gasteiger partial charge in [-0.3, -0.25) is 0 Å². The van der Waals surface area contributed by atoms with Crippen molar-refractivity contribution < 1.29 is 4.42 Å². The highest BCUT2D eigenvalue weighted by molar-refractivity contribution is 7.04. The molecule has 0 saturated heterocycles. The van der Waals surface area contributed by atoms with Gasteiger partial charge >= 0.3 is 5.63 Å². The molecule has 2 aromatic heterocycles. The van der Waals surface area contributed by atoms with Crippen LogP contribution < -0.4 is 5.63 Å². The molecule has 0 N–H and O–H groups in total. The van der Waals surface area contributed by atoms with Gasteiger partial charge in [-0.2, -0.15) is 4.37 Å². The van der Waals surface area contributed by atoms with Gasteiger partial charge < -0.3 is 4.42 Å². The zero-order chi connectivity index (χ0) is 13.0. The van der Waals surface area contributed by atoms with E-state index in [0.29, 0.717) is 15.8 Å². The van der Waals surface area contributed by atoms with Crippen molar-refractivity contribution in [1.82, 2.24) is 4.37 Å². The third-order valence-corrected chi connectivity index (χ3v) is 3.55. The van der Waals surface area contributed by atoms with Crippen molar-refractivity contribution in [2.45, 2.75) is 0 Å². The first-order valence-electron chi connectivity index (χ1n) is 4.91. The second kappa shape index (κ2) is 6.00. The van der Waals surface area contributed by atoms with E-state index in [4.69, 9.17) is 27.6 Å². The molecule has 0 saturated carbocycles. The van der Waals surface area contributed by atoms with E-state index >= 15 is 0 Å². The average Bonchev–Trinajstić information content (AvgIpc) is 2.74. The molecule has 1 aromatic carbocycles. The summed E-state index contributed by atoms with van der Waals surface area (Å²) >= 11 is 12.1. The molecule has 92 valence electrons. The summed E-state index contributed by atoms with van der Waals surface area (Å²) in [5.74, 6) is 0. The SMILES string of the molecule is Clc1csnc1Cl.O=c1ccc2ccccc2o1. The average molecular weight is 300 g/mol. The van der Waals surface area contributed by atoms with Crippen molar-refractivity contribution in [3.05, 3.63) is 62.4 Å². The Labute approximate surface area is 117 Å². The van der Waals surface area contributed by atoms with Crippen LogP contribution in [0.4, 0.5) is 0 Å². The second-order valence-corrected chi connectivity index (χ2v) is 4.64. The molecule has 2 heterocycles. The summed E-state index contributed by atoms with van der Waals surface area (Å²) in [5, 5.41) is 3.56. The molecule has 3 nitrogen and oxygen atoms in total. The number of halogens is 2. The van der Waals surface area contributed by atoms with Crippen molar-refractivity contribution in [2.24, 2.45) is 0 Å². The monoisotopic (exact) mass is 299 g/mol. The van der Waals surface area contributed by atoms with Crippen LogP contribution in [0.3, 0.4) is 0 Å². The lowest BCUT2D eigenvalue weighted by Gasteiger charge is -1.91. The van der Waals surface area contributed by atoms with Crippen molar-refractivity contribution in [3.63, 3.8) is 0 Å². The van der Waals surface area contributed by atoms with Crippen molar-refractivity contribution in [1.29, 1.82) is 0 Å². The van der Waals surface area contributed by atoms with Crippen molar-refractivity contribution >= 4 is 45.7 Å². The van der Waals surface area contributed by atoms with Gasteiger partial charge in [-0.1, -0.05) is 41.4 Å². The lowest BCUT2D eigenvalue weighted by molar-refractivity contribution is 0.561. The number of aromatic nitrogens is 1. The maximum atomic E-state index is 10.7. The Morgan fingerprint density at radius 2 is 1.89 bits per heavy atom. The Morgan fingerprint density at radius 3 is 2.50 bits per heavy atom. The summed E-state index contributed by atoms with van der Waals surface area (Å²) < 4.78 is 8.60. The quantitative estimate of drug-likeness (QED) is 0.583. The van der Waals surface area contributed by atoms with Crippen LogP contribution in [0.25, 0.3) is 11.0 Å². The van der Waals surface area contributed by atoms with Crippen LogP contribution >= 0.6 is 34.7 Å². The maximum absolute atomic E-state index is 10.7. The molecule has 0 bridgehead atoms. The van der Waals surface area contributed by atoms with Gasteiger partial charge in [0, 0.05) is 16.8 Å². The van der Waals surface area contributed by atoms with E-state index < -0.39 is 0 Å². The Hall–Kier alpha value is -1.36. The van der Waals surface area contributed by atoms with Crippen LogP contribution in [0.15, 0.2) is 51.0 Å². The van der Waals surface area contributed by atoms with Crippen LogP contribution in [0.5, 0.6) is 0 Å². The molecule has 0 unspecified atom stereocenters. The zero-order valence-electron chi connectivity index (χ0n) is 8.97. The summed E-state index contributed by atoms with van der Waals surface area (Å²) in [6, 6.07) is 10.6. The van der Waals surface area contributed by atoms with E-state index in [2.05, 4.69) is 4.37 Å². The number of benzene rings is 1. The fourth-order valence-corrected chi connectivity index (χ4v) is 2.12. The fraction of sp³-hybridized carbons (Fsp3) is 0. The summed E-state index contributed by atoms with van der Waals surface area (Å²) in [6.45, 7) is 0. The van der Waals surface area contributed by atoms with Gasteiger partial charge in [-0.25, -0.2) is 4.79 Å². The molecule has 0 aliphatic heterocycles. The van der Waals surface area contributed by atoms with E-state index in [1.54, 1.807) is 17.5 Å². The Bertz CT molecular complexity index is 692. The first kappa shape index (κ1) is 13.1. The van der Waals surface area contributed by atoms with Gasteiger partial charge in [0.05, 0.1) is 5.02 Å². The summed E-state index contributed by atoms with van der Waals surface area (Å²) in [5.41, 5.74) is 0.337.